The summed E-state index contributed by atoms with van der Waals surface area (Å²) < 4.78 is 0. The number of nitrogens with two attached hydrogens (primary N) is 1. The predicted molar refractivity (Wildman–Crippen MR) is 216 cm³/mol. The van der Waals surface area contributed by atoms with Crippen molar-refractivity contribution in [3.05, 3.63) is 113 Å². The fourth-order valence-electron chi connectivity index (χ4n) is 8.06. The molecule has 268 valence electrons. The van der Waals surface area contributed by atoms with E-state index in [2.05, 4.69) is 136 Å². The molecule has 0 unspecified atom stereocenters. The third kappa shape index (κ3) is 10.7. The average molecular weight is 789 g/mol. The van der Waals surface area contributed by atoms with E-state index in [4.69, 9.17) is 5.73 Å². The molecule has 0 aliphatic heterocycles. The van der Waals surface area contributed by atoms with Crippen LogP contribution in [0.3, 0.4) is 0 Å². The Hall–Kier alpha value is -1.65. The first-order valence-corrected chi connectivity index (χ1v) is 22.5. The monoisotopic (exact) mass is 787 g/mol. The van der Waals surface area contributed by atoms with Crippen LogP contribution in [0.1, 0.15) is 152 Å². The summed E-state index contributed by atoms with van der Waals surface area (Å²) in [6, 6.07) is 26.0. The maximum absolute atomic E-state index is 5.91. The Morgan fingerprint density at radius 2 is 1.20 bits per heavy atom. The van der Waals surface area contributed by atoms with Crippen molar-refractivity contribution in [3.63, 3.8) is 0 Å². The van der Waals surface area contributed by atoms with Gasteiger partial charge in [-0.25, -0.2) is 0 Å². The van der Waals surface area contributed by atoms with Gasteiger partial charge in [0.25, 0.3) is 0 Å². The normalized spacial score (nSPS) is 17.2. The molecule has 0 amide bonds. The summed E-state index contributed by atoms with van der Waals surface area (Å²) in [5.74, 6) is 1.64. The number of halogens is 1. The molecular formula is C45H61ClNPPd. The number of hydrogen-bond acceptors (Lipinski definition) is 1. The van der Waals surface area contributed by atoms with Gasteiger partial charge in [-0.2, -0.15) is 11.6 Å². The number of rotatable bonds is 8. The molecule has 0 aromatic heterocycles. The van der Waals surface area contributed by atoms with E-state index in [-0.39, 0.29) is 7.92 Å². The first-order valence-electron chi connectivity index (χ1n) is 19.0. The van der Waals surface area contributed by atoms with E-state index in [0.29, 0.717) is 17.8 Å². The summed E-state index contributed by atoms with van der Waals surface area (Å²) in [6.45, 7) is 14.3. The standard InChI is InChI=1S/C33H49P.C12H12N.ClH.Pd/c1-23(2)26-21-30(24(3)4)33(31(22-26)25(5)6)29-19-13-14-20-32(29)34(27-15-9-7-10-16-27)28-17-11-8-12-18-28;13-12-9-5-4-8-11(12)10-6-2-1-3-7-10;;/h13-14,19-25,27-28H,7-12,15-18H2,1-6H3;1-8H,9,13H2;1H;/q;-1;;+2/p-1. The minimum atomic E-state index is -0.120. The van der Waals surface area contributed by atoms with Crippen molar-refractivity contribution in [2.75, 3.05) is 0 Å². The number of allylic oxidation sites excluding steroid dienone is 2. The molecule has 0 heterocycles. The van der Waals surface area contributed by atoms with Crippen LogP contribution in [0, 0.1) is 6.04 Å². The summed E-state index contributed by atoms with van der Waals surface area (Å²) in [4.78, 5) is 0. The van der Waals surface area contributed by atoms with Gasteiger partial charge in [0.1, 0.15) is 0 Å². The molecule has 0 saturated heterocycles. The second-order valence-electron chi connectivity index (χ2n) is 15.2. The Kier molecular flexibility index (Phi) is 16.7. The SMILES string of the molecule is CC(C)c1cc(C(C)C)c(-c2ccccc2P(C2CCCCC2)C2CCCCC2)c(C(C)C)c1.N[C-]1CC=CC=C1c1ccccc1.[Cl][Pd+]. The van der Waals surface area contributed by atoms with Crippen molar-refractivity contribution in [2.45, 2.75) is 141 Å². The van der Waals surface area contributed by atoms with Gasteiger partial charge in [-0.15, -0.1) is 35.9 Å². The van der Waals surface area contributed by atoms with Gasteiger partial charge < -0.3 is 5.73 Å². The van der Waals surface area contributed by atoms with Gasteiger partial charge in [0, 0.05) is 0 Å². The van der Waals surface area contributed by atoms with Crippen molar-refractivity contribution < 1.29 is 18.2 Å². The average Bonchev–Trinajstić information content (AvgIpc) is 3.14. The Labute approximate surface area is 316 Å². The van der Waals surface area contributed by atoms with Gasteiger partial charge in [0.05, 0.1) is 0 Å². The summed E-state index contributed by atoms with van der Waals surface area (Å²) in [7, 11) is 4.37. The molecule has 2 N–H and O–H groups in total. The summed E-state index contributed by atoms with van der Waals surface area (Å²) in [5, 5.41) is 1.75. The molecule has 0 bridgehead atoms. The molecule has 4 heteroatoms. The van der Waals surface area contributed by atoms with Crippen LogP contribution in [-0.2, 0) is 18.2 Å². The van der Waals surface area contributed by atoms with Gasteiger partial charge in [-0.05, 0) is 94.3 Å². The molecule has 3 aliphatic rings. The summed E-state index contributed by atoms with van der Waals surface area (Å²) in [5.41, 5.74) is 18.0. The van der Waals surface area contributed by atoms with Gasteiger partial charge in [-0.1, -0.05) is 143 Å². The molecule has 49 heavy (non-hydrogen) atoms. The fourth-order valence-corrected chi connectivity index (χ4v) is 12.0. The molecule has 3 aromatic carbocycles. The van der Waals surface area contributed by atoms with E-state index < -0.39 is 0 Å². The van der Waals surface area contributed by atoms with E-state index >= 15 is 0 Å². The van der Waals surface area contributed by atoms with Crippen LogP contribution in [0.25, 0.3) is 16.7 Å². The van der Waals surface area contributed by atoms with Crippen LogP contribution in [0.5, 0.6) is 0 Å². The molecule has 2 fully saturated rings. The van der Waals surface area contributed by atoms with Crippen LogP contribution < -0.4 is 11.0 Å². The van der Waals surface area contributed by atoms with Gasteiger partial charge in [-0.3, -0.25) is 0 Å². The molecule has 3 aromatic rings. The van der Waals surface area contributed by atoms with E-state index in [0.717, 1.165) is 29.4 Å². The second kappa shape index (κ2) is 20.4. The molecule has 0 radical (unpaired) electrons. The van der Waals surface area contributed by atoms with Crippen LogP contribution in [0.15, 0.2) is 85.0 Å². The molecule has 2 saturated carbocycles. The van der Waals surface area contributed by atoms with Crippen molar-refractivity contribution in [2.24, 2.45) is 5.73 Å². The Bertz CT molecular complexity index is 1430. The fraction of sp³-hybridized carbons (Fsp3) is 0.489. The Morgan fingerprint density at radius 3 is 1.69 bits per heavy atom. The van der Waals surface area contributed by atoms with Crippen molar-refractivity contribution >= 4 is 28.3 Å². The third-order valence-corrected chi connectivity index (χ3v) is 14.2. The summed E-state index contributed by atoms with van der Waals surface area (Å²) in [6.07, 6.45) is 21.7. The molecule has 0 spiro atoms. The van der Waals surface area contributed by atoms with Gasteiger partial charge >= 0.3 is 27.7 Å². The Balaban J connectivity index is 0.000000299. The van der Waals surface area contributed by atoms with Gasteiger partial charge in [0.15, 0.2) is 0 Å². The number of benzene rings is 3. The van der Waals surface area contributed by atoms with Crippen LogP contribution in [0.2, 0.25) is 0 Å². The minimum absolute atomic E-state index is 0.120. The maximum atomic E-state index is 5.91. The third-order valence-electron chi connectivity index (χ3n) is 10.7. The van der Waals surface area contributed by atoms with Crippen molar-refractivity contribution in [1.29, 1.82) is 0 Å². The summed E-state index contributed by atoms with van der Waals surface area (Å²) >= 11 is 2.22. The molecule has 6 rings (SSSR count). The zero-order chi connectivity index (χ0) is 35.3. The van der Waals surface area contributed by atoms with Crippen molar-refractivity contribution in [1.82, 2.24) is 0 Å². The van der Waals surface area contributed by atoms with Crippen LogP contribution in [0.4, 0.5) is 0 Å². The van der Waals surface area contributed by atoms with E-state index in [1.54, 1.807) is 27.6 Å². The Morgan fingerprint density at radius 1 is 0.694 bits per heavy atom. The molecular weight excluding hydrogens is 727 g/mol. The number of hydrogen-bond donors (Lipinski definition) is 1. The van der Waals surface area contributed by atoms with E-state index in [1.165, 1.54) is 75.3 Å². The zero-order valence-corrected chi connectivity index (χ0v) is 34.2. The topological polar surface area (TPSA) is 26.0 Å². The quantitative estimate of drug-likeness (QED) is 0.137. The van der Waals surface area contributed by atoms with Crippen LogP contribution in [-0.4, -0.2) is 11.3 Å². The first kappa shape index (κ1) is 40.1. The molecule has 1 nitrogen and oxygen atoms in total. The van der Waals surface area contributed by atoms with Crippen molar-refractivity contribution in [3.8, 4) is 11.1 Å². The molecule has 0 atom stereocenters. The van der Waals surface area contributed by atoms with Gasteiger partial charge in [0.2, 0.25) is 0 Å². The van der Waals surface area contributed by atoms with E-state index in [1.807, 2.05) is 18.2 Å². The van der Waals surface area contributed by atoms with Crippen LogP contribution >= 0.6 is 17.5 Å². The predicted octanol–water partition coefficient (Wildman–Crippen LogP) is 13.7. The molecule has 3 aliphatic carbocycles. The first-order chi connectivity index (χ1) is 23.8. The van der Waals surface area contributed by atoms with E-state index in [9.17, 15) is 0 Å². The zero-order valence-electron chi connectivity index (χ0n) is 31.0. The second-order valence-corrected chi connectivity index (χ2v) is 17.9.